The fourth-order valence-corrected chi connectivity index (χ4v) is 2.11. The standard InChI is InChI=1S/C15H35N3/c1-6-8-9-10-16-14-15(3)18(11-7-2)13-12-17(4)5/h15-16H,6-14H2,1-5H3. The predicted molar refractivity (Wildman–Crippen MR) is 82.3 cm³/mol. The summed E-state index contributed by atoms with van der Waals surface area (Å²) in [7, 11) is 4.30. The SMILES string of the molecule is CCCCCNCC(C)N(CCC)CCN(C)C. The van der Waals surface area contributed by atoms with Crippen LogP contribution in [0.5, 0.6) is 0 Å². The average molecular weight is 257 g/mol. The van der Waals surface area contributed by atoms with E-state index in [0.29, 0.717) is 6.04 Å². The molecule has 0 radical (unpaired) electrons. The lowest BCUT2D eigenvalue weighted by Crippen LogP contribution is -2.43. The molecule has 0 bridgehead atoms. The van der Waals surface area contributed by atoms with E-state index in [1.54, 1.807) is 0 Å². The van der Waals surface area contributed by atoms with Gasteiger partial charge in [-0.15, -0.1) is 0 Å². The molecule has 0 aromatic rings. The summed E-state index contributed by atoms with van der Waals surface area (Å²) in [4.78, 5) is 4.87. The molecule has 0 rings (SSSR count). The number of nitrogens with one attached hydrogen (secondary N) is 1. The van der Waals surface area contributed by atoms with Crippen molar-refractivity contribution in [1.29, 1.82) is 0 Å². The Bertz CT molecular complexity index is 171. The third-order valence-corrected chi connectivity index (χ3v) is 3.37. The van der Waals surface area contributed by atoms with Crippen molar-refractivity contribution < 1.29 is 0 Å². The van der Waals surface area contributed by atoms with Crippen molar-refractivity contribution in [2.45, 2.75) is 52.5 Å². The Morgan fingerprint density at radius 1 is 0.944 bits per heavy atom. The number of hydrogen-bond donors (Lipinski definition) is 1. The molecule has 0 amide bonds. The van der Waals surface area contributed by atoms with Gasteiger partial charge in [-0.05, 0) is 47.0 Å². The molecule has 0 aromatic heterocycles. The molecule has 3 nitrogen and oxygen atoms in total. The maximum Gasteiger partial charge on any atom is 0.0192 e. The Hall–Kier alpha value is -0.120. The van der Waals surface area contributed by atoms with Crippen LogP contribution in [-0.2, 0) is 0 Å². The summed E-state index contributed by atoms with van der Waals surface area (Å²) >= 11 is 0. The van der Waals surface area contributed by atoms with E-state index in [2.05, 4.69) is 50.0 Å². The quantitative estimate of drug-likeness (QED) is 0.542. The Kier molecular flexibility index (Phi) is 11.9. The molecule has 0 saturated heterocycles. The van der Waals surface area contributed by atoms with Gasteiger partial charge in [0, 0.05) is 25.7 Å². The van der Waals surface area contributed by atoms with Gasteiger partial charge >= 0.3 is 0 Å². The van der Waals surface area contributed by atoms with E-state index in [-0.39, 0.29) is 0 Å². The number of hydrogen-bond acceptors (Lipinski definition) is 3. The Labute approximate surface area is 115 Å². The van der Waals surface area contributed by atoms with Crippen molar-refractivity contribution in [1.82, 2.24) is 15.1 Å². The first-order chi connectivity index (χ1) is 8.61. The average Bonchev–Trinajstić information content (AvgIpc) is 2.33. The molecule has 110 valence electrons. The van der Waals surface area contributed by atoms with Gasteiger partial charge in [0.25, 0.3) is 0 Å². The minimum Gasteiger partial charge on any atom is -0.315 e. The van der Waals surface area contributed by atoms with Crippen molar-refractivity contribution in [3.8, 4) is 0 Å². The van der Waals surface area contributed by atoms with Crippen molar-refractivity contribution in [2.75, 3.05) is 46.8 Å². The molecule has 0 saturated carbocycles. The molecule has 0 aliphatic carbocycles. The lowest BCUT2D eigenvalue weighted by atomic mass is 10.2. The largest absolute Gasteiger partial charge is 0.315 e. The third-order valence-electron chi connectivity index (χ3n) is 3.37. The molecular formula is C15H35N3. The van der Waals surface area contributed by atoms with E-state index in [4.69, 9.17) is 0 Å². The van der Waals surface area contributed by atoms with E-state index in [1.165, 1.54) is 45.3 Å². The van der Waals surface area contributed by atoms with Gasteiger partial charge in [-0.1, -0.05) is 26.7 Å². The molecule has 0 heterocycles. The maximum absolute atomic E-state index is 3.59. The number of likely N-dealkylation sites (N-methyl/N-ethyl adjacent to an activating group) is 1. The van der Waals surface area contributed by atoms with Gasteiger partial charge < -0.3 is 10.2 Å². The van der Waals surface area contributed by atoms with Crippen LogP contribution < -0.4 is 5.32 Å². The zero-order chi connectivity index (χ0) is 13.8. The summed E-state index contributed by atoms with van der Waals surface area (Å²) in [5.41, 5.74) is 0. The van der Waals surface area contributed by atoms with Crippen LogP contribution in [0.15, 0.2) is 0 Å². The topological polar surface area (TPSA) is 18.5 Å². The van der Waals surface area contributed by atoms with E-state index in [9.17, 15) is 0 Å². The van der Waals surface area contributed by atoms with Crippen LogP contribution in [0, 0.1) is 0 Å². The Morgan fingerprint density at radius 2 is 1.67 bits per heavy atom. The van der Waals surface area contributed by atoms with Gasteiger partial charge in [-0.3, -0.25) is 4.90 Å². The van der Waals surface area contributed by atoms with Crippen LogP contribution in [0.25, 0.3) is 0 Å². The van der Waals surface area contributed by atoms with Crippen molar-refractivity contribution in [2.24, 2.45) is 0 Å². The summed E-state index contributed by atoms with van der Waals surface area (Å²) in [6.45, 7) is 12.7. The molecule has 0 fully saturated rings. The van der Waals surface area contributed by atoms with E-state index < -0.39 is 0 Å². The maximum atomic E-state index is 3.59. The second-order valence-electron chi connectivity index (χ2n) is 5.60. The molecule has 1 atom stereocenters. The molecule has 3 heteroatoms. The number of nitrogens with zero attached hydrogens (tertiary/aromatic N) is 2. The molecule has 0 aromatic carbocycles. The van der Waals surface area contributed by atoms with Crippen LogP contribution in [0.4, 0.5) is 0 Å². The van der Waals surface area contributed by atoms with Gasteiger partial charge in [0.15, 0.2) is 0 Å². The van der Waals surface area contributed by atoms with Crippen LogP contribution in [0.2, 0.25) is 0 Å². The minimum atomic E-state index is 0.645. The van der Waals surface area contributed by atoms with Crippen molar-refractivity contribution in [3.63, 3.8) is 0 Å². The normalized spacial score (nSPS) is 13.5. The molecule has 18 heavy (non-hydrogen) atoms. The van der Waals surface area contributed by atoms with Gasteiger partial charge in [0.05, 0.1) is 0 Å². The highest BCUT2D eigenvalue weighted by atomic mass is 15.2. The first kappa shape index (κ1) is 17.9. The zero-order valence-corrected chi connectivity index (χ0v) is 13.3. The molecule has 1 N–H and O–H groups in total. The number of unbranched alkanes of at least 4 members (excludes halogenated alkanes) is 2. The molecule has 1 unspecified atom stereocenters. The lowest BCUT2D eigenvalue weighted by molar-refractivity contribution is 0.185. The van der Waals surface area contributed by atoms with Crippen LogP contribution in [-0.4, -0.2) is 62.7 Å². The highest BCUT2D eigenvalue weighted by Gasteiger charge is 2.12. The third kappa shape index (κ3) is 9.86. The second-order valence-corrected chi connectivity index (χ2v) is 5.60. The fraction of sp³-hybridized carbons (Fsp3) is 1.00. The summed E-state index contributed by atoms with van der Waals surface area (Å²) in [5, 5.41) is 3.59. The zero-order valence-electron chi connectivity index (χ0n) is 13.3. The molecule has 0 aliphatic rings. The van der Waals surface area contributed by atoms with Crippen LogP contribution >= 0.6 is 0 Å². The first-order valence-electron chi connectivity index (χ1n) is 7.71. The van der Waals surface area contributed by atoms with E-state index in [1.807, 2.05) is 0 Å². The summed E-state index contributed by atoms with van der Waals surface area (Å²) in [6.07, 6.45) is 5.21. The van der Waals surface area contributed by atoms with Crippen molar-refractivity contribution in [3.05, 3.63) is 0 Å². The van der Waals surface area contributed by atoms with Gasteiger partial charge in [0.2, 0.25) is 0 Å². The summed E-state index contributed by atoms with van der Waals surface area (Å²) in [6, 6.07) is 0.645. The van der Waals surface area contributed by atoms with Crippen molar-refractivity contribution >= 4 is 0 Å². The van der Waals surface area contributed by atoms with E-state index >= 15 is 0 Å². The minimum absolute atomic E-state index is 0.645. The highest BCUT2D eigenvalue weighted by Crippen LogP contribution is 2.00. The first-order valence-corrected chi connectivity index (χ1v) is 7.71. The summed E-state index contributed by atoms with van der Waals surface area (Å²) in [5.74, 6) is 0. The molecule has 0 aliphatic heterocycles. The highest BCUT2D eigenvalue weighted by molar-refractivity contribution is 4.70. The fourth-order valence-electron chi connectivity index (χ4n) is 2.11. The second kappa shape index (κ2) is 11.9. The molecule has 0 spiro atoms. The molecular weight excluding hydrogens is 222 g/mol. The Balaban J connectivity index is 3.79. The predicted octanol–water partition coefficient (Wildman–Crippen LogP) is 2.43. The lowest BCUT2D eigenvalue weighted by Gasteiger charge is -2.30. The van der Waals surface area contributed by atoms with E-state index in [0.717, 1.165) is 13.1 Å². The Morgan fingerprint density at radius 3 is 2.22 bits per heavy atom. The summed E-state index contributed by atoms with van der Waals surface area (Å²) < 4.78 is 0. The monoisotopic (exact) mass is 257 g/mol. The van der Waals surface area contributed by atoms with Gasteiger partial charge in [-0.2, -0.15) is 0 Å². The number of rotatable bonds is 12. The van der Waals surface area contributed by atoms with Crippen LogP contribution in [0.1, 0.15) is 46.5 Å². The van der Waals surface area contributed by atoms with Crippen LogP contribution in [0.3, 0.4) is 0 Å². The van der Waals surface area contributed by atoms with Gasteiger partial charge in [0.1, 0.15) is 0 Å². The van der Waals surface area contributed by atoms with Gasteiger partial charge in [-0.25, -0.2) is 0 Å². The smallest absolute Gasteiger partial charge is 0.0192 e.